The molecule has 0 unspecified atom stereocenters. The molecule has 0 radical (unpaired) electrons. The molecule has 2 heterocycles. The van der Waals surface area contributed by atoms with E-state index in [1.807, 2.05) is 6.07 Å². The summed E-state index contributed by atoms with van der Waals surface area (Å²) in [6, 6.07) is 11.0. The molecule has 2 aromatic rings. The van der Waals surface area contributed by atoms with Gasteiger partial charge in [-0.2, -0.15) is 0 Å². The smallest absolute Gasteiger partial charge is 0.240 e. The Labute approximate surface area is 188 Å². The molecule has 1 fully saturated rings. The molecule has 0 saturated carbocycles. The van der Waals surface area contributed by atoms with Crippen LogP contribution in [-0.2, 0) is 26.0 Å². The topological polar surface area (TPSA) is 127 Å². The number of nitrogens with one attached hydrogen (secondary N) is 2. The number of rotatable bonds is 10. The van der Waals surface area contributed by atoms with Crippen LogP contribution in [0.1, 0.15) is 25.0 Å². The number of ether oxygens (including phenoxy) is 2. The van der Waals surface area contributed by atoms with Crippen LogP contribution in [0.15, 0.2) is 53.6 Å². The van der Waals surface area contributed by atoms with Crippen molar-refractivity contribution in [3.05, 3.63) is 54.4 Å². The highest BCUT2D eigenvalue weighted by molar-refractivity contribution is 7.89. The number of aliphatic hydroxyl groups is 1. The number of pyridine rings is 1. The van der Waals surface area contributed by atoms with Gasteiger partial charge in [0.25, 0.3) is 0 Å². The lowest BCUT2D eigenvalue weighted by molar-refractivity contribution is -0.121. The van der Waals surface area contributed by atoms with Gasteiger partial charge in [-0.05, 0) is 55.7 Å². The van der Waals surface area contributed by atoms with Crippen molar-refractivity contribution >= 4 is 15.9 Å². The van der Waals surface area contributed by atoms with E-state index >= 15 is 0 Å². The molecule has 3 N–H and O–H groups in total. The zero-order chi connectivity index (χ0) is 23.0. The molecule has 0 bridgehead atoms. The number of carbonyl (C=O) groups is 1. The second-order valence-electron chi connectivity index (χ2n) is 7.60. The fourth-order valence-electron chi connectivity index (χ4n) is 3.60. The number of hydrogen-bond donors (Lipinski definition) is 3. The summed E-state index contributed by atoms with van der Waals surface area (Å²) in [5.74, 6) is 0.441. The van der Waals surface area contributed by atoms with Crippen molar-refractivity contribution in [3.63, 3.8) is 0 Å². The number of aliphatic hydroxyl groups excluding tert-OH is 1. The molecule has 0 spiro atoms. The molecule has 3 rings (SSSR count). The maximum atomic E-state index is 12.7. The predicted octanol–water partition coefficient (Wildman–Crippen LogP) is 1.03. The summed E-state index contributed by atoms with van der Waals surface area (Å²) in [4.78, 5) is 16.3. The number of methoxy groups -OCH3 is 1. The number of amides is 1. The lowest BCUT2D eigenvalue weighted by Crippen LogP contribution is -2.51. The van der Waals surface area contributed by atoms with Gasteiger partial charge < -0.3 is 19.9 Å². The largest absolute Gasteiger partial charge is 0.497 e. The number of benzene rings is 1. The van der Waals surface area contributed by atoms with Gasteiger partial charge in [-0.1, -0.05) is 6.07 Å². The SMILES string of the molecule is COc1ccc(S(=O)(=O)N[C@@H]2CC[C@H](CCNC(=O)Cc3ccccn3)O[C@@H]2CO)cc1. The van der Waals surface area contributed by atoms with Gasteiger partial charge in [0.2, 0.25) is 15.9 Å². The van der Waals surface area contributed by atoms with E-state index in [1.54, 1.807) is 30.5 Å². The van der Waals surface area contributed by atoms with Gasteiger partial charge in [0.1, 0.15) is 5.75 Å². The molecule has 1 saturated heterocycles. The van der Waals surface area contributed by atoms with E-state index < -0.39 is 22.2 Å². The Balaban J connectivity index is 1.47. The van der Waals surface area contributed by atoms with Gasteiger partial charge in [0.15, 0.2) is 0 Å². The summed E-state index contributed by atoms with van der Waals surface area (Å²) in [7, 11) is -2.25. The maximum absolute atomic E-state index is 12.7. The minimum atomic E-state index is -3.76. The Morgan fingerprint density at radius 2 is 2.00 bits per heavy atom. The quantitative estimate of drug-likeness (QED) is 0.480. The second kappa shape index (κ2) is 11.4. The normalized spacial score (nSPS) is 21.1. The first-order chi connectivity index (χ1) is 15.4. The van der Waals surface area contributed by atoms with Crippen molar-refractivity contribution in [2.45, 2.75) is 48.8 Å². The summed E-state index contributed by atoms with van der Waals surface area (Å²) >= 11 is 0. The molecule has 10 heteroatoms. The Kier molecular flexibility index (Phi) is 8.57. The van der Waals surface area contributed by atoms with Crippen LogP contribution in [0, 0.1) is 0 Å². The molecule has 9 nitrogen and oxygen atoms in total. The highest BCUT2D eigenvalue weighted by Crippen LogP contribution is 2.24. The molecule has 1 aromatic carbocycles. The first kappa shape index (κ1) is 24.1. The van der Waals surface area contributed by atoms with E-state index in [0.717, 1.165) is 0 Å². The first-order valence-electron chi connectivity index (χ1n) is 10.5. The van der Waals surface area contributed by atoms with Crippen LogP contribution in [0.4, 0.5) is 0 Å². The van der Waals surface area contributed by atoms with Crippen molar-refractivity contribution in [1.29, 1.82) is 0 Å². The van der Waals surface area contributed by atoms with Crippen LogP contribution >= 0.6 is 0 Å². The molecule has 32 heavy (non-hydrogen) atoms. The molecule has 1 amide bonds. The predicted molar refractivity (Wildman–Crippen MR) is 118 cm³/mol. The van der Waals surface area contributed by atoms with Crippen LogP contribution in [-0.4, -0.2) is 62.9 Å². The van der Waals surface area contributed by atoms with Crippen molar-refractivity contribution in [1.82, 2.24) is 15.0 Å². The standard InChI is InChI=1S/C22H29N3O6S/c1-30-17-5-8-19(9-6-17)32(28,29)25-20-10-7-18(31-21(20)15-26)11-13-24-22(27)14-16-4-2-3-12-23-16/h2-6,8-9,12,18,20-21,25-26H,7,10-11,13-15H2,1H3,(H,24,27)/t18-,20-,21-/m1/s1. The van der Waals surface area contributed by atoms with Crippen LogP contribution < -0.4 is 14.8 Å². The van der Waals surface area contributed by atoms with E-state index in [4.69, 9.17) is 9.47 Å². The third-order valence-corrected chi connectivity index (χ3v) is 6.83. The monoisotopic (exact) mass is 463 g/mol. The molecular formula is C22H29N3O6S. The van der Waals surface area contributed by atoms with E-state index in [1.165, 1.54) is 19.2 Å². The van der Waals surface area contributed by atoms with E-state index in [9.17, 15) is 18.3 Å². The number of sulfonamides is 1. The van der Waals surface area contributed by atoms with E-state index in [-0.39, 0.29) is 29.9 Å². The average molecular weight is 464 g/mol. The lowest BCUT2D eigenvalue weighted by atomic mass is 9.98. The first-order valence-corrected chi connectivity index (χ1v) is 12.0. The minimum absolute atomic E-state index is 0.118. The van der Waals surface area contributed by atoms with Gasteiger partial charge >= 0.3 is 0 Å². The fourth-order valence-corrected chi connectivity index (χ4v) is 4.90. The minimum Gasteiger partial charge on any atom is -0.497 e. The molecule has 3 atom stereocenters. The molecule has 174 valence electrons. The zero-order valence-electron chi connectivity index (χ0n) is 17.9. The number of carbonyl (C=O) groups excluding carboxylic acids is 1. The zero-order valence-corrected chi connectivity index (χ0v) is 18.8. The molecule has 1 aliphatic rings. The highest BCUT2D eigenvalue weighted by atomic mass is 32.2. The lowest BCUT2D eigenvalue weighted by Gasteiger charge is -2.36. The molecule has 1 aliphatic heterocycles. The third kappa shape index (κ3) is 6.73. The number of hydrogen-bond acceptors (Lipinski definition) is 7. The molecule has 0 aliphatic carbocycles. The number of nitrogens with zero attached hydrogens (tertiary/aromatic N) is 1. The van der Waals surface area contributed by atoms with Crippen molar-refractivity contribution < 1.29 is 27.8 Å². The summed E-state index contributed by atoms with van der Waals surface area (Å²) in [6.45, 7) is 0.120. The van der Waals surface area contributed by atoms with Crippen molar-refractivity contribution in [3.8, 4) is 5.75 Å². The molecular weight excluding hydrogens is 434 g/mol. The van der Waals surface area contributed by atoms with Gasteiger partial charge in [0, 0.05) is 18.4 Å². The Bertz CT molecular complexity index is 969. The van der Waals surface area contributed by atoms with Gasteiger partial charge in [-0.3, -0.25) is 9.78 Å². The summed E-state index contributed by atoms with van der Waals surface area (Å²) in [6.07, 6.45) is 2.72. The van der Waals surface area contributed by atoms with Crippen LogP contribution in [0.2, 0.25) is 0 Å². The van der Waals surface area contributed by atoms with Gasteiger partial charge in [-0.25, -0.2) is 13.1 Å². The number of aromatic nitrogens is 1. The van der Waals surface area contributed by atoms with Gasteiger partial charge in [0.05, 0.1) is 43.3 Å². The van der Waals surface area contributed by atoms with Crippen LogP contribution in [0.25, 0.3) is 0 Å². The molecule has 1 aromatic heterocycles. The van der Waals surface area contributed by atoms with Crippen LogP contribution in [0.5, 0.6) is 5.75 Å². The fraction of sp³-hybridized carbons (Fsp3) is 0.455. The average Bonchev–Trinajstić information content (AvgIpc) is 2.80. The summed E-state index contributed by atoms with van der Waals surface area (Å²) in [5.41, 5.74) is 0.700. The highest BCUT2D eigenvalue weighted by Gasteiger charge is 2.33. The van der Waals surface area contributed by atoms with Crippen LogP contribution in [0.3, 0.4) is 0 Å². The summed E-state index contributed by atoms with van der Waals surface area (Å²) < 4.78 is 39.0. The van der Waals surface area contributed by atoms with E-state index in [2.05, 4.69) is 15.0 Å². The summed E-state index contributed by atoms with van der Waals surface area (Å²) in [5, 5.41) is 12.6. The Morgan fingerprint density at radius 1 is 1.22 bits per heavy atom. The van der Waals surface area contributed by atoms with Gasteiger partial charge in [-0.15, -0.1) is 0 Å². The Morgan fingerprint density at radius 3 is 2.66 bits per heavy atom. The third-order valence-electron chi connectivity index (χ3n) is 5.33. The van der Waals surface area contributed by atoms with Crippen molar-refractivity contribution in [2.24, 2.45) is 0 Å². The van der Waals surface area contributed by atoms with Crippen molar-refractivity contribution in [2.75, 3.05) is 20.3 Å². The second-order valence-corrected chi connectivity index (χ2v) is 9.31. The Hall–Kier alpha value is -2.53. The van der Waals surface area contributed by atoms with E-state index in [0.29, 0.717) is 37.3 Å². The maximum Gasteiger partial charge on any atom is 0.240 e.